The van der Waals surface area contributed by atoms with Gasteiger partial charge in [-0.1, -0.05) is 35.5 Å². The second kappa shape index (κ2) is 8.96. The standard InChI is InChI=1S/C22H23FN4O2/c23-19-8-6-18(7-9-19)22-25-20(26-29-22)15-27-12-10-17(11-13-27)21(28)24-14-16-4-2-1-3-5-16/h1-9,17H,10-15H2,(H,24,28). The van der Waals surface area contributed by atoms with E-state index in [-0.39, 0.29) is 17.6 Å². The van der Waals surface area contributed by atoms with Gasteiger partial charge in [0.1, 0.15) is 5.82 Å². The summed E-state index contributed by atoms with van der Waals surface area (Å²) in [5.74, 6) is 0.831. The number of nitrogens with one attached hydrogen (secondary N) is 1. The minimum Gasteiger partial charge on any atom is -0.352 e. The van der Waals surface area contributed by atoms with Gasteiger partial charge in [-0.05, 0) is 55.8 Å². The minimum atomic E-state index is -0.302. The van der Waals surface area contributed by atoms with Crippen molar-refractivity contribution in [2.45, 2.75) is 25.9 Å². The Morgan fingerprint density at radius 3 is 2.55 bits per heavy atom. The lowest BCUT2D eigenvalue weighted by Gasteiger charge is -2.30. The predicted octanol–water partition coefficient (Wildman–Crippen LogP) is 3.40. The van der Waals surface area contributed by atoms with Gasteiger partial charge in [0.15, 0.2) is 5.82 Å². The van der Waals surface area contributed by atoms with E-state index in [0.29, 0.717) is 30.4 Å². The summed E-state index contributed by atoms with van der Waals surface area (Å²) in [7, 11) is 0. The van der Waals surface area contributed by atoms with Crippen molar-refractivity contribution in [1.29, 1.82) is 0 Å². The lowest BCUT2D eigenvalue weighted by atomic mass is 9.96. The summed E-state index contributed by atoms with van der Waals surface area (Å²) in [6, 6.07) is 15.9. The molecule has 0 atom stereocenters. The van der Waals surface area contributed by atoms with Gasteiger partial charge in [0.25, 0.3) is 5.89 Å². The average molecular weight is 394 g/mol. The highest BCUT2D eigenvalue weighted by Crippen LogP contribution is 2.21. The summed E-state index contributed by atoms with van der Waals surface area (Å²) in [4.78, 5) is 19.0. The Kier molecular flexibility index (Phi) is 5.95. The number of hydrogen-bond acceptors (Lipinski definition) is 5. The topological polar surface area (TPSA) is 71.3 Å². The zero-order chi connectivity index (χ0) is 20.1. The number of carbonyl (C=O) groups is 1. The summed E-state index contributed by atoms with van der Waals surface area (Å²) < 4.78 is 18.3. The number of amides is 1. The molecular weight excluding hydrogens is 371 g/mol. The Hall–Kier alpha value is -3.06. The number of halogens is 1. The summed E-state index contributed by atoms with van der Waals surface area (Å²) in [5, 5.41) is 7.06. The van der Waals surface area contributed by atoms with Crippen molar-refractivity contribution in [2.75, 3.05) is 13.1 Å². The fraction of sp³-hybridized carbons (Fsp3) is 0.318. The van der Waals surface area contributed by atoms with Gasteiger partial charge >= 0.3 is 0 Å². The number of carbonyl (C=O) groups excluding carboxylic acids is 1. The molecule has 6 nitrogen and oxygen atoms in total. The Bertz CT molecular complexity index is 935. The number of nitrogens with zero attached hydrogens (tertiary/aromatic N) is 3. The Balaban J connectivity index is 1.25. The molecule has 0 aliphatic carbocycles. The van der Waals surface area contributed by atoms with Crippen LogP contribution in [-0.4, -0.2) is 34.0 Å². The van der Waals surface area contributed by atoms with Crippen LogP contribution in [-0.2, 0) is 17.9 Å². The first-order chi connectivity index (χ1) is 14.2. The molecule has 150 valence electrons. The number of likely N-dealkylation sites (tertiary alicyclic amines) is 1. The van der Waals surface area contributed by atoms with Gasteiger partial charge < -0.3 is 9.84 Å². The molecule has 4 rings (SSSR count). The van der Waals surface area contributed by atoms with Crippen molar-refractivity contribution in [1.82, 2.24) is 20.4 Å². The minimum absolute atomic E-state index is 0.0370. The van der Waals surface area contributed by atoms with Crippen LogP contribution < -0.4 is 5.32 Å². The quantitative estimate of drug-likeness (QED) is 0.694. The van der Waals surface area contributed by atoms with E-state index in [1.165, 1.54) is 12.1 Å². The molecule has 1 aromatic heterocycles. The van der Waals surface area contributed by atoms with Crippen molar-refractivity contribution in [3.8, 4) is 11.5 Å². The lowest BCUT2D eigenvalue weighted by Crippen LogP contribution is -2.40. The number of hydrogen-bond donors (Lipinski definition) is 1. The fourth-order valence-electron chi connectivity index (χ4n) is 3.51. The number of piperidine rings is 1. The van der Waals surface area contributed by atoms with Gasteiger partial charge in [-0.25, -0.2) is 4.39 Å². The number of aromatic nitrogens is 2. The SMILES string of the molecule is O=C(NCc1ccccc1)C1CCN(Cc2noc(-c3ccc(F)cc3)n2)CC1. The number of benzene rings is 2. The van der Waals surface area contributed by atoms with Crippen molar-refractivity contribution < 1.29 is 13.7 Å². The van der Waals surface area contributed by atoms with E-state index < -0.39 is 0 Å². The summed E-state index contributed by atoms with van der Waals surface area (Å²) in [6.07, 6.45) is 1.62. The molecule has 0 radical (unpaired) electrons. The first-order valence-electron chi connectivity index (χ1n) is 9.80. The molecule has 1 aliphatic rings. The van der Waals surface area contributed by atoms with Crippen molar-refractivity contribution >= 4 is 5.91 Å². The Labute approximate surface area is 168 Å². The molecule has 0 spiro atoms. The smallest absolute Gasteiger partial charge is 0.257 e. The highest BCUT2D eigenvalue weighted by atomic mass is 19.1. The van der Waals surface area contributed by atoms with Crippen molar-refractivity contribution in [3.63, 3.8) is 0 Å². The van der Waals surface area contributed by atoms with Crippen LogP contribution in [0.3, 0.4) is 0 Å². The molecule has 1 aliphatic heterocycles. The molecule has 1 N–H and O–H groups in total. The van der Waals surface area contributed by atoms with Crippen LogP contribution >= 0.6 is 0 Å². The van der Waals surface area contributed by atoms with E-state index in [1.807, 2.05) is 30.3 Å². The molecule has 3 aromatic rings. The monoisotopic (exact) mass is 394 g/mol. The highest BCUT2D eigenvalue weighted by molar-refractivity contribution is 5.78. The second-order valence-corrected chi connectivity index (χ2v) is 7.28. The maximum absolute atomic E-state index is 13.0. The summed E-state index contributed by atoms with van der Waals surface area (Å²) in [5.41, 5.74) is 1.80. The van der Waals surface area contributed by atoms with E-state index in [9.17, 15) is 9.18 Å². The second-order valence-electron chi connectivity index (χ2n) is 7.28. The zero-order valence-electron chi connectivity index (χ0n) is 16.1. The van der Waals surface area contributed by atoms with Crippen LogP contribution in [0.2, 0.25) is 0 Å². The molecule has 2 heterocycles. The molecular formula is C22H23FN4O2. The largest absolute Gasteiger partial charge is 0.352 e. The van der Waals surface area contributed by atoms with E-state index in [1.54, 1.807) is 12.1 Å². The maximum atomic E-state index is 13.0. The molecule has 1 amide bonds. The van der Waals surface area contributed by atoms with Crippen molar-refractivity contribution in [2.24, 2.45) is 5.92 Å². The summed E-state index contributed by atoms with van der Waals surface area (Å²) >= 11 is 0. The van der Waals surface area contributed by atoms with Crippen LogP contribution in [0.5, 0.6) is 0 Å². The van der Waals surface area contributed by atoms with Gasteiger partial charge in [-0.3, -0.25) is 9.69 Å². The Morgan fingerprint density at radius 1 is 1.10 bits per heavy atom. The third-order valence-electron chi connectivity index (χ3n) is 5.19. The molecule has 0 unspecified atom stereocenters. The molecule has 7 heteroatoms. The van der Waals surface area contributed by atoms with E-state index in [4.69, 9.17) is 4.52 Å². The van der Waals surface area contributed by atoms with Crippen LogP contribution in [0.1, 0.15) is 24.2 Å². The molecule has 29 heavy (non-hydrogen) atoms. The zero-order valence-corrected chi connectivity index (χ0v) is 16.1. The predicted molar refractivity (Wildman–Crippen MR) is 106 cm³/mol. The van der Waals surface area contributed by atoms with Gasteiger partial charge in [-0.15, -0.1) is 0 Å². The van der Waals surface area contributed by atoms with Gasteiger partial charge in [0.2, 0.25) is 5.91 Å². The summed E-state index contributed by atoms with van der Waals surface area (Å²) in [6.45, 7) is 2.76. The normalized spacial score (nSPS) is 15.3. The first-order valence-corrected chi connectivity index (χ1v) is 9.80. The highest BCUT2D eigenvalue weighted by Gasteiger charge is 2.25. The van der Waals surface area contributed by atoms with Gasteiger partial charge in [-0.2, -0.15) is 4.98 Å². The van der Waals surface area contributed by atoms with Crippen LogP contribution in [0.15, 0.2) is 59.1 Å². The van der Waals surface area contributed by atoms with E-state index in [0.717, 1.165) is 31.5 Å². The third-order valence-corrected chi connectivity index (χ3v) is 5.19. The van der Waals surface area contributed by atoms with Crippen LogP contribution in [0.4, 0.5) is 4.39 Å². The molecule has 1 saturated heterocycles. The van der Waals surface area contributed by atoms with Gasteiger partial charge in [0.05, 0.1) is 6.54 Å². The fourth-order valence-corrected chi connectivity index (χ4v) is 3.51. The first kappa shape index (κ1) is 19.3. The van der Waals surface area contributed by atoms with Crippen LogP contribution in [0.25, 0.3) is 11.5 Å². The van der Waals surface area contributed by atoms with E-state index >= 15 is 0 Å². The maximum Gasteiger partial charge on any atom is 0.257 e. The molecule has 0 bridgehead atoms. The van der Waals surface area contributed by atoms with Gasteiger partial charge in [0, 0.05) is 18.0 Å². The van der Waals surface area contributed by atoms with Crippen LogP contribution in [0, 0.1) is 11.7 Å². The van der Waals surface area contributed by atoms with Crippen molar-refractivity contribution in [3.05, 3.63) is 71.8 Å². The molecule has 1 fully saturated rings. The molecule has 2 aromatic carbocycles. The third kappa shape index (κ3) is 5.06. The Morgan fingerprint density at radius 2 is 1.83 bits per heavy atom. The average Bonchev–Trinajstić information content (AvgIpc) is 3.22. The lowest BCUT2D eigenvalue weighted by molar-refractivity contribution is -0.126. The number of rotatable bonds is 6. The van der Waals surface area contributed by atoms with E-state index in [2.05, 4.69) is 20.4 Å². The molecule has 0 saturated carbocycles.